The molecule has 3 amide bonds. The molecule has 3 rings (SSSR count). The summed E-state index contributed by atoms with van der Waals surface area (Å²) in [5, 5.41) is 3.12. The van der Waals surface area contributed by atoms with Gasteiger partial charge in [-0.2, -0.15) is 0 Å². The number of benzene rings is 2. The number of carbonyl (C=O) groups excluding carboxylic acids is 3. The number of nitrogens with one attached hydrogen (secondary N) is 1. The molecule has 0 bridgehead atoms. The minimum absolute atomic E-state index is 0.0352. The molecule has 1 N–H and O–H groups in total. The smallest absolute Gasteiger partial charge is 0.247 e. The van der Waals surface area contributed by atoms with Gasteiger partial charge < -0.3 is 10.1 Å². The van der Waals surface area contributed by atoms with Crippen LogP contribution in [-0.2, 0) is 20.9 Å². The highest BCUT2D eigenvalue weighted by atomic mass is 35.5. The van der Waals surface area contributed by atoms with Crippen LogP contribution in [0.2, 0.25) is 5.02 Å². The van der Waals surface area contributed by atoms with Gasteiger partial charge in [0, 0.05) is 5.69 Å². The molecule has 1 unspecified atom stereocenters. The van der Waals surface area contributed by atoms with Gasteiger partial charge in [0.25, 0.3) is 0 Å². The van der Waals surface area contributed by atoms with Crippen LogP contribution in [0, 0.1) is 0 Å². The van der Waals surface area contributed by atoms with E-state index in [1.807, 2.05) is 30.3 Å². The molecular formula is C21H22ClN3O4. The van der Waals surface area contributed by atoms with Gasteiger partial charge in [-0.3, -0.25) is 24.2 Å². The lowest BCUT2D eigenvalue weighted by atomic mass is 10.2. The maximum Gasteiger partial charge on any atom is 0.247 e. The van der Waals surface area contributed by atoms with E-state index in [-0.39, 0.29) is 37.2 Å². The molecule has 2 aromatic rings. The van der Waals surface area contributed by atoms with E-state index >= 15 is 0 Å². The number of anilines is 1. The molecule has 0 saturated carbocycles. The second-order valence-electron chi connectivity index (χ2n) is 6.84. The molecule has 0 spiro atoms. The number of amides is 3. The van der Waals surface area contributed by atoms with Crippen molar-refractivity contribution in [3.05, 3.63) is 59.1 Å². The molecule has 1 fully saturated rings. The summed E-state index contributed by atoms with van der Waals surface area (Å²) in [7, 11) is 3.16. The van der Waals surface area contributed by atoms with E-state index in [1.54, 1.807) is 30.1 Å². The summed E-state index contributed by atoms with van der Waals surface area (Å²) >= 11 is 6.07. The van der Waals surface area contributed by atoms with Crippen molar-refractivity contribution in [2.24, 2.45) is 0 Å². The molecular weight excluding hydrogens is 394 g/mol. The van der Waals surface area contributed by atoms with Crippen LogP contribution in [0.15, 0.2) is 48.5 Å². The molecule has 152 valence electrons. The summed E-state index contributed by atoms with van der Waals surface area (Å²) in [6, 6.07) is 13.6. The number of ether oxygens (including phenoxy) is 1. The van der Waals surface area contributed by atoms with Crippen LogP contribution in [0.4, 0.5) is 5.69 Å². The molecule has 29 heavy (non-hydrogen) atoms. The van der Waals surface area contributed by atoms with Gasteiger partial charge in [0.05, 0.1) is 37.7 Å². The van der Waals surface area contributed by atoms with Crippen LogP contribution in [0.25, 0.3) is 0 Å². The van der Waals surface area contributed by atoms with Crippen molar-refractivity contribution in [1.82, 2.24) is 9.80 Å². The fraction of sp³-hybridized carbons (Fsp3) is 0.286. The van der Waals surface area contributed by atoms with Gasteiger partial charge in [0.1, 0.15) is 5.75 Å². The zero-order valence-corrected chi connectivity index (χ0v) is 17.0. The maximum atomic E-state index is 12.7. The molecule has 1 aliphatic rings. The second-order valence-corrected chi connectivity index (χ2v) is 7.24. The first-order valence-electron chi connectivity index (χ1n) is 9.11. The van der Waals surface area contributed by atoms with E-state index in [0.717, 1.165) is 5.56 Å². The number of rotatable bonds is 7. The third-order valence-electron chi connectivity index (χ3n) is 4.76. The number of methoxy groups -OCH3 is 1. The van der Waals surface area contributed by atoms with Crippen molar-refractivity contribution >= 4 is 35.0 Å². The van der Waals surface area contributed by atoms with Gasteiger partial charge in [-0.15, -0.1) is 0 Å². The molecule has 1 atom stereocenters. The van der Waals surface area contributed by atoms with Crippen molar-refractivity contribution in [3.63, 3.8) is 0 Å². The Hall–Kier alpha value is -2.90. The van der Waals surface area contributed by atoms with E-state index in [2.05, 4.69) is 5.32 Å². The van der Waals surface area contributed by atoms with Gasteiger partial charge in [-0.05, 0) is 30.8 Å². The largest absolute Gasteiger partial charge is 0.495 e. The van der Waals surface area contributed by atoms with Gasteiger partial charge in [-0.25, -0.2) is 0 Å². The molecule has 0 aromatic heterocycles. The SMILES string of the molecule is COc1ccc(NC(=O)CN(C)C2CC(=O)N(Cc3ccccc3)C2=O)cc1Cl. The molecule has 2 aromatic carbocycles. The highest BCUT2D eigenvalue weighted by Gasteiger charge is 2.41. The first-order chi connectivity index (χ1) is 13.9. The van der Waals surface area contributed by atoms with Crippen LogP contribution in [-0.4, -0.2) is 54.3 Å². The summed E-state index contributed by atoms with van der Waals surface area (Å²) in [5.41, 5.74) is 1.40. The number of nitrogens with zero attached hydrogens (tertiary/aromatic N) is 2. The first-order valence-corrected chi connectivity index (χ1v) is 9.48. The normalized spacial score (nSPS) is 16.4. The monoisotopic (exact) mass is 415 g/mol. The van der Waals surface area contributed by atoms with E-state index in [9.17, 15) is 14.4 Å². The average Bonchev–Trinajstić information content (AvgIpc) is 2.97. The lowest BCUT2D eigenvalue weighted by molar-refractivity contribution is -0.140. The number of hydrogen-bond donors (Lipinski definition) is 1. The number of imide groups is 1. The van der Waals surface area contributed by atoms with E-state index in [4.69, 9.17) is 16.3 Å². The Morgan fingerprint density at radius 1 is 1.24 bits per heavy atom. The molecule has 8 heteroatoms. The van der Waals surface area contributed by atoms with E-state index in [0.29, 0.717) is 16.5 Å². The lowest BCUT2D eigenvalue weighted by Crippen LogP contribution is -2.43. The van der Waals surface area contributed by atoms with E-state index < -0.39 is 6.04 Å². The highest BCUT2D eigenvalue weighted by molar-refractivity contribution is 6.32. The van der Waals surface area contributed by atoms with Crippen molar-refractivity contribution < 1.29 is 19.1 Å². The summed E-state index contributed by atoms with van der Waals surface area (Å²) in [6.45, 7) is 0.200. The second kappa shape index (κ2) is 9.07. The first kappa shape index (κ1) is 20.8. The Morgan fingerprint density at radius 2 is 1.97 bits per heavy atom. The predicted octanol–water partition coefficient (Wildman–Crippen LogP) is 2.55. The fourth-order valence-electron chi connectivity index (χ4n) is 3.22. The quantitative estimate of drug-likeness (QED) is 0.703. The van der Waals surface area contributed by atoms with Crippen molar-refractivity contribution in [2.45, 2.75) is 19.0 Å². The average molecular weight is 416 g/mol. The Bertz CT molecular complexity index is 919. The number of likely N-dealkylation sites (tertiary alicyclic amines) is 1. The minimum Gasteiger partial charge on any atom is -0.495 e. The standard InChI is InChI=1S/C21H22ClN3O4/c1-24(13-19(26)23-15-8-9-18(29-2)16(22)10-15)17-11-20(27)25(21(17)28)12-14-6-4-3-5-7-14/h3-10,17H,11-13H2,1-2H3,(H,23,26). The molecule has 1 saturated heterocycles. The number of hydrogen-bond acceptors (Lipinski definition) is 5. The van der Waals surface area contributed by atoms with Crippen molar-refractivity contribution in [2.75, 3.05) is 26.0 Å². The number of likely N-dealkylation sites (N-methyl/N-ethyl adjacent to an activating group) is 1. The Kier molecular flexibility index (Phi) is 6.51. The van der Waals surface area contributed by atoms with E-state index in [1.165, 1.54) is 12.0 Å². The van der Waals surface area contributed by atoms with Gasteiger partial charge >= 0.3 is 0 Å². The Labute approximate surface area is 174 Å². The number of carbonyl (C=O) groups is 3. The predicted molar refractivity (Wildman–Crippen MR) is 110 cm³/mol. The zero-order chi connectivity index (χ0) is 21.0. The van der Waals surface area contributed by atoms with Gasteiger partial charge in [-0.1, -0.05) is 41.9 Å². The molecule has 1 aliphatic heterocycles. The third-order valence-corrected chi connectivity index (χ3v) is 5.06. The van der Waals surface area contributed by atoms with Crippen LogP contribution < -0.4 is 10.1 Å². The molecule has 1 heterocycles. The summed E-state index contributed by atoms with van der Waals surface area (Å²) in [4.78, 5) is 40.3. The van der Waals surface area contributed by atoms with Crippen molar-refractivity contribution in [1.29, 1.82) is 0 Å². The van der Waals surface area contributed by atoms with Crippen molar-refractivity contribution in [3.8, 4) is 5.75 Å². The minimum atomic E-state index is -0.656. The summed E-state index contributed by atoms with van der Waals surface area (Å²) < 4.78 is 5.08. The molecule has 0 radical (unpaired) electrons. The van der Waals surface area contributed by atoms with Crippen LogP contribution >= 0.6 is 11.6 Å². The van der Waals surface area contributed by atoms with Crippen LogP contribution in [0.5, 0.6) is 5.75 Å². The third kappa shape index (κ3) is 4.93. The maximum absolute atomic E-state index is 12.7. The van der Waals surface area contributed by atoms with Crippen LogP contribution in [0.1, 0.15) is 12.0 Å². The topological polar surface area (TPSA) is 79.0 Å². The Morgan fingerprint density at radius 3 is 2.62 bits per heavy atom. The molecule has 7 nitrogen and oxygen atoms in total. The van der Waals surface area contributed by atoms with Gasteiger partial charge in [0.2, 0.25) is 17.7 Å². The fourth-order valence-corrected chi connectivity index (χ4v) is 3.48. The van der Waals surface area contributed by atoms with Gasteiger partial charge in [0.15, 0.2) is 0 Å². The Balaban J connectivity index is 1.59. The highest BCUT2D eigenvalue weighted by Crippen LogP contribution is 2.27. The lowest BCUT2D eigenvalue weighted by Gasteiger charge is -2.22. The molecule has 0 aliphatic carbocycles. The summed E-state index contributed by atoms with van der Waals surface area (Å²) in [6.07, 6.45) is 0.0593. The number of halogens is 1. The zero-order valence-electron chi connectivity index (χ0n) is 16.2. The summed E-state index contributed by atoms with van der Waals surface area (Å²) in [5.74, 6) is -0.328. The van der Waals surface area contributed by atoms with Crippen LogP contribution in [0.3, 0.4) is 0 Å².